The van der Waals surface area contributed by atoms with Crippen molar-refractivity contribution in [3.63, 3.8) is 0 Å². The average molecular weight is 267 g/mol. The van der Waals surface area contributed by atoms with Crippen molar-refractivity contribution in [1.82, 2.24) is 5.32 Å². The molecule has 1 heterocycles. The Morgan fingerprint density at radius 1 is 1.05 bits per heavy atom. The molecular weight excluding hydrogens is 234 g/mol. The third kappa shape index (κ3) is 3.16. The zero-order valence-corrected chi connectivity index (χ0v) is 14.0. The van der Waals surface area contributed by atoms with Crippen LogP contribution in [0.25, 0.3) is 0 Å². The maximum absolute atomic E-state index is 6.32. The number of hydrogen-bond acceptors (Lipinski definition) is 2. The fraction of sp³-hybridized carbons (Fsp3) is 1.00. The Morgan fingerprint density at radius 2 is 1.63 bits per heavy atom. The van der Waals surface area contributed by atoms with Gasteiger partial charge in [-0.1, -0.05) is 20.8 Å². The first-order chi connectivity index (χ1) is 8.59. The first-order valence-corrected chi connectivity index (χ1v) is 8.03. The zero-order valence-electron chi connectivity index (χ0n) is 14.0. The summed E-state index contributed by atoms with van der Waals surface area (Å²) >= 11 is 0. The first-order valence-electron chi connectivity index (χ1n) is 8.03. The third-order valence-corrected chi connectivity index (χ3v) is 5.23. The van der Waals surface area contributed by atoms with E-state index in [1.165, 1.54) is 19.3 Å². The highest BCUT2D eigenvalue weighted by Gasteiger charge is 2.57. The molecule has 1 saturated heterocycles. The van der Waals surface area contributed by atoms with Crippen LogP contribution in [-0.2, 0) is 4.74 Å². The van der Waals surface area contributed by atoms with Gasteiger partial charge in [0.15, 0.2) is 0 Å². The Kier molecular flexibility index (Phi) is 3.81. The fourth-order valence-electron chi connectivity index (χ4n) is 4.16. The van der Waals surface area contributed by atoms with Crippen LogP contribution in [0, 0.1) is 17.3 Å². The molecule has 0 radical (unpaired) electrons. The molecule has 19 heavy (non-hydrogen) atoms. The quantitative estimate of drug-likeness (QED) is 0.813. The van der Waals surface area contributed by atoms with Gasteiger partial charge in [0.05, 0.1) is 11.2 Å². The largest absolute Gasteiger partial charge is 0.369 e. The number of hydrogen-bond donors (Lipinski definition) is 1. The summed E-state index contributed by atoms with van der Waals surface area (Å²) in [4.78, 5) is 0. The highest BCUT2D eigenvalue weighted by molar-refractivity contribution is 5.09. The molecule has 1 N–H and O–H groups in total. The first kappa shape index (κ1) is 15.3. The lowest BCUT2D eigenvalue weighted by molar-refractivity contribution is -0.0787. The molecule has 0 amide bonds. The summed E-state index contributed by atoms with van der Waals surface area (Å²) in [5, 5.41) is 3.84. The summed E-state index contributed by atoms with van der Waals surface area (Å²) in [6.07, 6.45) is 3.75. The van der Waals surface area contributed by atoms with Crippen molar-refractivity contribution in [2.24, 2.45) is 17.3 Å². The van der Waals surface area contributed by atoms with Crippen LogP contribution in [0.5, 0.6) is 0 Å². The molecule has 1 saturated carbocycles. The van der Waals surface area contributed by atoms with Gasteiger partial charge in [-0.25, -0.2) is 0 Å². The van der Waals surface area contributed by atoms with Crippen LogP contribution in [0.15, 0.2) is 0 Å². The third-order valence-electron chi connectivity index (χ3n) is 5.23. The second-order valence-corrected chi connectivity index (χ2v) is 8.55. The molecule has 0 aromatic rings. The highest BCUT2D eigenvalue weighted by atomic mass is 16.5. The van der Waals surface area contributed by atoms with E-state index in [2.05, 4.69) is 53.8 Å². The molecule has 2 heteroatoms. The van der Waals surface area contributed by atoms with Crippen molar-refractivity contribution in [3.05, 3.63) is 0 Å². The van der Waals surface area contributed by atoms with E-state index in [0.717, 1.165) is 12.5 Å². The lowest BCUT2D eigenvalue weighted by Gasteiger charge is -2.34. The molecule has 2 fully saturated rings. The van der Waals surface area contributed by atoms with Crippen molar-refractivity contribution >= 4 is 0 Å². The Morgan fingerprint density at radius 3 is 2.00 bits per heavy atom. The van der Waals surface area contributed by atoms with Crippen LogP contribution < -0.4 is 5.32 Å². The van der Waals surface area contributed by atoms with Crippen LogP contribution in [0.4, 0.5) is 0 Å². The molecule has 3 unspecified atom stereocenters. The summed E-state index contributed by atoms with van der Waals surface area (Å²) < 4.78 is 6.32. The van der Waals surface area contributed by atoms with E-state index < -0.39 is 0 Å². The van der Waals surface area contributed by atoms with E-state index in [4.69, 9.17) is 4.74 Å². The fourth-order valence-corrected chi connectivity index (χ4v) is 4.16. The van der Waals surface area contributed by atoms with Crippen LogP contribution in [0.1, 0.15) is 67.7 Å². The lowest BCUT2D eigenvalue weighted by Crippen LogP contribution is -2.46. The SMILES string of the molecule is CCCNC(C1CC1(C)C)C1CC(C)(C)OC1(C)C. The highest BCUT2D eigenvalue weighted by Crippen LogP contribution is 2.58. The normalized spacial score (nSPS) is 36.2. The Labute approximate surface area is 119 Å². The Bertz CT molecular complexity index is 332. The Hall–Kier alpha value is -0.0800. The van der Waals surface area contributed by atoms with E-state index in [0.29, 0.717) is 17.4 Å². The molecule has 0 aromatic carbocycles. The monoisotopic (exact) mass is 267 g/mol. The topological polar surface area (TPSA) is 21.3 Å². The molecule has 2 nitrogen and oxygen atoms in total. The molecule has 2 aliphatic rings. The van der Waals surface area contributed by atoms with Crippen molar-refractivity contribution < 1.29 is 4.74 Å². The van der Waals surface area contributed by atoms with E-state index in [1.807, 2.05) is 0 Å². The number of ether oxygens (including phenoxy) is 1. The van der Waals surface area contributed by atoms with Crippen LogP contribution in [-0.4, -0.2) is 23.8 Å². The van der Waals surface area contributed by atoms with Crippen LogP contribution in [0.2, 0.25) is 0 Å². The van der Waals surface area contributed by atoms with Gasteiger partial charge in [-0.3, -0.25) is 0 Å². The maximum atomic E-state index is 6.32. The van der Waals surface area contributed by atoms with Gasteiger partial charge in [0.25, 0.3) is 0 Å². The molecule has 112 valence electrons. The number of rotatable bonds is 5. The molecule has 1 aliphatic heterocycles. The number of nitrogens with one attached hydrogen (secondary N) is 1. The van der Waals surface area contributed by atoms with Crippen molar-refractivity contribution in [1.29, 1.82) is 0 Å². The van der Waals surface area contributed by atoms with E-state index in [-0.39, 0.29) is 11.2 Å². The summed E-state index contributed by atoms with van der Waals surface area (Å²) in [6, 6.07) is 0.617. The maximum Gasteiger partial charge on any atom is 0.0677 e. The van der Waals surface area contributed by atoms with E-state index in [1.54, 1.807) is 0 Å². The van der Waals surface area contributed by atoms with Gasteiger partial charge in [0.1, 0.15) is 0 Å². The molecule has 2 rings (SSSR count). The van der Waals surface area contributed by atoms with Gasteiger partial charge in [-0.05, 0) is 64.8 Å². The van der Waals surface area contributed by atoms with Crippen LogP contribution >= 0.6 is 0 Å². The van der Waals surface area contributed by atoms with Gasteiger partial charge >= 0.3 is 0 Å². The van der Waals surface area contributed by atoms with Crippen molar-refractivity contribution in [2.75, 3.05) is 6.54 Å². The second kappa shape index (κ2) is 4.73. The standard InChI is InChI=1S/C17H33NO/c1-8-9-18-14(12-10-15(12,2)3)13-11-16(4,5)19-17(13,6)7/h12-14,18H,8-11H2,1-7H3. The van der Waals surface area contributed by atoms with Gasteiger partial charge in [-0.2, -0.15) is 0 Å². The average Bonchev–Trinajstić information content (AvgIpc) is 2.77. The summed E-state index contributed by atoms with van der Waals surface area (Å²) in [7, 11) is 0. The minimum absolute atomic E-state index is 0.00637. The summed E-state index contributed by atoms with van der Waals surface area (Å²) in [5.74, 6) is 1.45. The minimum Gasteiger partial charge on any atom is -0.369 e. The predicted molar refractivity (Wildman–Crippen MR) is 81.3 cm³/mol. The molecule has 0 aromatic heterocycles. The molecule has 1 aliphatic carbocycles. The predicted octanol–water partition coefficient (Wildman–Crippen LogP) is 3.99. The molecule has 0 spiro atoms. The van der Waals surface area contributed by atoms with Gasteiger partial charge in [0.2, 0.25) is 0 Å². The van der Waals surface area contributed by atoms with Gasteiger partial charge in [-0.15, -0.1) is 0 Å². The smallest absolute Gasteiger partial charge is 0.0677 e. The molecular formula is C17H33NO. The van der Waals surface area contributed by atoms with Gasteiger partial charge in [0, 0.05) is 12.0 Å². The lowest BCUT2D eigenvalue weighted by atomic mass is 9.78. The summed E-state index contributed by atoms with van der Waals surface area (Å²) in [6.45, 7) is 17.2. The zero-order chi connectivity index (χ0) is 14.5. The van der Waals surface area contributed by atoms with E-state index in [9.17, 15) is 0 Å². The van der Waals surface area contributed by atoms with Gasteiger partial charge < -0.3 is 10.1 Å². The Balaban J connectivity index is 2.14. The van der Waals surface area contributed by atoms with Crippen LogP contribution in [0.3, 0.4) is 0 Å². The minimum atomic E-state index is -0.00637. The van der Waals surface area contributed by atoms with Crippen molar-refractivity contribution in [2.45, 2.75) is 85.0 Å². The van der Waals surface area contributed by atoms with Crippen molar-refractivity contribution in [3.8, 4) is 0 Å². The van der Waals surface area contributed by atoms with E-state index >= 15 is 0 Å². The second-order valence-electron chi connectivity index (χ2n) is 8.55. The molecule has 0 bridgehead atoms. The molecule has 3 atom stereocenters. The summed E-state index contributed by atoms with van der Waals surface area (Å²) in [5.41, 5.74) is 0.543.